The summed E-state index contributed by atoms with van der Waals surface area (Å²) >= 11 is 0. The van der Waals surface area contributed by atoms with E-state index in [2.05, 4.69) is 0 Å². The molecular weight excluding hydrogens is 296 g/mol. The van der Waals surface area contributed by atoms with Crippen LogP contribution < -0.4 is 4.74 Å². The highest BCUT2D eigenvalue weighted by Gasteiger charge is 2.20. The highest BCUT2D eigenvalue weighted by atomic mass is 32.2. The number of aromatic hydroxyl groups is 2. The molecule has 112 valence electrons. The summed E-state index contributed by atoms with van der Waals surface area (Å²) in [5.41, 5.74) is 0.754. The van der Waals surface area contributed by atoms with E-state index in [0.717, 1.165) is 12.1 Å². The molecule has 3 N–H and O–H groups in total. The first-order valence-corrected chi connectivity index (χ1v) is 7.41. The maximum Gasteiger partial charge on any atom is 0.298 e. The number of ether oxygens (including phenoxy) is 1. The van der Waals surface area contributed by atoms with E-state index in [-0.39, 0.29) is 29.2 Å². The smallest absolute Gasteiger partial charge is 0.298 e. The van der Waals surface area contributed by atoms with Crippen LogP contribution in [0.3, 0.4) is 0 Å². The molecule has 6 nitrogen and oxygen atoms in total. The van der Waals surface area contributed by atoms with Gasteiger partial charge >= 0.3 is 0 Å². The average Bonchev–Trinajstić information content (AvgIpc) is 2.41. The van der Waals surface area contributed by atoms with Crippen LogP contribution >= 0.6 is 0 Å². The second kappa shape index (κ2) is 5.63. The van der Waals surface area contributed by atoms with Gasteiger partial charge in [-0.15, -0.1) is 0 Å². The van der Waals surface area contributed by atoms with Crippen LogP contribution in [0.25, 0.3) is 0 Å². The molecule has 2 aromatic carbocycles. The Labute approximate surface area is 122 Å². The van der Waals surface area contributed by atoms with Crippen LogP contribution in [0.5, 0.6) is 17.2 Å². The summed E-state index contributed by atoms with van der Waals surface area (Å²) in [5.74, 6) is -0.320. The Morgan fingerprint density at radius 2 is 1.71 bits per heavy atom. The molecule has 21 heavy (non-hydrogen) atoms. The van der Waals surface area contributed by atoms with Gasteiger partial charge in [0, 0.05) is 18.1 Å². The van der Waals surface area contributed by atoms with Gasteiger partial charge in [-0.3, -0.25) is 4.55 Å². The molecule has 0 atom stereocenters. The highest BCUT2D eigenvalue weighted by Crippen LogP contribution is 2.33. The number of phenolic OH excluding ortho intramolecular Hbond substituents is 2. The van der Waals surface area contributed by atoms with E-state index in [1.807, 2.05) is 0 Å². The summed E-state index contributed by atoms with van der Waals surface area (Å²) in [6.45, 7) is 0. The largest absolute Gasteiger partial charge is 0.508 e. The average molecular weight is 310 g/mol. The van der Waals surface area contributed by atoms with Crippen molar-refractivity contribution < 1.29 is 27.9 Å². The minimum Gasteiger partial charge on any atom is -0.508 e. The molecule has 2 rings (SSSR count). The fourth-order valence-electron chi connectivity index (χ4n) is 1.96. The summed E-state index contributed by atoms with van der Waals surface area (Å²) in [5, 5.41) is 19.6. The van der Waals surface area contributed by atoms with Crippen molar-refractivity contribution in [1.82, 2.24) is 0 Å². The lowest BCUT2D eigenvalue weighted by Gasteiger charge is -2.11. The van der Waals surface area contributed by atoms with Crippen LogP contribution in [0, 0.1) is 0 Å². The van der Waals surface area contributed by atoms with Crippen molar-refractivity contribution >= 4 is 10.1 Å². The SMILES string of the molecule is COc1cc(O)c(Cc2ccccc2O)cc1S(=O)(=O)O. The van der Waals surface area contributed by atoms with Crippen molar-refractivity contribution in [2.45, 2.75) is 11.3 Å². The maximum absolute atomic E-state index is 11.3. The Morgan fingerprint density at radius 1 is 1.05 bits per heavy atom. The third kappa shape index (κ3) is 3.26. The molecule has 2 aromatic rings. The van der Waals surface area contributed by atoms with Crippen molar-refractivity contribution in [2.24, 2.45) is 0 Å². The predicted octanol–water partition coefficient (Wildman–Crippen LogP) is 1.94. The second-order valence-electron chi connectivity index (χ2n) is 4.41. The van der Waals surface area contributed by atoms with Crippen LogP contribution in [0.2, 0.25) is 0 Å². The van der Waals surface area contributed by atoms with Crippen molar-refractivity contribution in [1.29, 1.82) is 0 Å². The zero-order valence-electron chi connectivity index (χ0n) is 11.1. The van der Waals surface area contributed by atoms with Crippen LogP contribution in [-0.4, -0.2) is 30.3 Å². The lowest BCUT2D eigenvalue weighted by atomic mass is 10.0. The van der Waals surface area contributed by atoms with Gasteiger partial charge in [0.05, 0.1) is 7.11 Å². The first kappa shape index (κ1) is 15.1. The van der Waals surface area contributed by atoms with E-state index in [1.54, 1.807) is 18.2 Å². The summed E-state index contributed by atoms with van der Waals surface area (Å²) in [4.78, 5) is -0.437. The van der Waals surface area contributed by atoms with Crippen LogP contribution in [-0.2, 0) is 16.5 Å². The van der Waals surface area contributed by atoms with Gasteiger partial charge in [0.1, 0.15) is 22.1 Å². The van der Waals surface area contributed by atoms with E-state index in [1.165, 1.54) is 13.2 Å². The van der Waals surface area contributed by atoms with Gasteiger partial charge in [0.25, 0.3) is 10.1 Å². The first-order chi connectivity index (χ1) is 9.82. The number of rotatable bonds is 4. The predicted molar refractivity (Wildman–Crippen MR) is 75.4 cm³/mol. The first-order valence-electron chi connectivity index (χ1n) is 5.97. The molecule has 0 aliphatic carbocycles. The van der Waals surface area contributed by atoms with E-state index in [4.69, 9.17) is 4.74 Å². The normalized spacial score (nSPS) is 11.3. The van der Waals surface area contributed by atoms with Crippen molar-refractivity contribution in [3.63, 3.8) is 0 Å². The van der Waals surface area contributed by atoms with Gasteiger partial charge in [-0.05, 0) is 17.7 Å². The van der Waals surface area contributed by atoms with Crippen molar-refractivity contribution in [3.05, 3.63) is 47.5 Å². The van der Waals surface area contributed by atoms with Gasteiger partial charge in [0.2, 0.25) is 0 Å². The fraction of sp³-hybridized carbons (Fsp3) is 0.143. The number of phenols is 2. The fourth-order valence-corrected chi connectivity index (χ4v) is 2.65. The van der Waals surface area contributed by atoms with Crippen molar-refractivity contribution in [3.8, 4) is 17.2 Å². The number of methoxy groups -OCH3 is 1. The number of hydrogen-bond donors (Lipinski definition) is 3. The molecule has 0 spiro atoms. The number of para-hydroxylation sites is 1. The van der Waals surface area contributed by atoms with Gasteiger partial charge in [-0.1, -0.05) is 18.2 Å². The van der Waals surface area contributed by atoms with Crippen LogP contribution in [0.1, 0.15) is 11.1 Å². The zero-order chi connectivity index (χ0) is 15.6. The number of hydrogen-bond acceptors (Lipinski definition) is 5. The molecule has 0 amide bonds. The highest BCUT2D eigenvalue weighted by molar-refractivity contribution is 7.86. The summed E-state index contributed by atoms with van der Waals surface area (Å²) in [6.07, 6.45) is 0.102. The molecule has 0 radical (unpaired) electrons. The van der Waals surface area contributed by atoms with E-state index < -0.39 is 15.0 Å². The van der Waals surface area contributed by atoms with E-state index >= 15 is 0 Å². The van der Waals surface area contributed by atoms with E-state index in [9.17, 15) is 23.2 Å². The van der Waals surface area contributed by atoms with E-state index in [0.29, 0.717) is 5.56 Å². The Bertz CT molecular complexity index is 767. The molecule has 0 bridgehead atoms. The molecule has 7 heteroatoms. The minimum absolute atomic E-state index is 0.0288. The quantitative estimate of drug-likeness (QED) is 0.746. The van der Waals surface area contributed by atoms with Gasteiger partial charge in [-0.25, -0.2) is 0 Å². The molecule has 0 heterocycles. The second-order valence-corrected chi connectivity index (χ2v) is 5.80. The zero-order valence-corrected chi connectivity index (χ0v) is 12.0. The number of benzene rings is 2. The minimum atomic E-state index is -4.49. The van der Waals surface area contributed by atoms with Crippen LogP contribution in [0.15, 0.2) is 41.3 Å². The molecule has 0 aliphatic heterocycles. The molecule has 0 aromatic heterocycles. The van der Waals surface area contributed by atoms with Gasteiger partial charge < -0.3 is 14.9 Å². The van der Waals surface area contributed by atoms with Crippen LogP contribution in [0.4, 0.5) is 0 Å². The van der Waals surface area contributed by atoms with Crippen molar-refractivity contribution in [2.75, 3.05) is 7.11 Å². The molecule has 0 saturated heterocycles. The molecule has 0 fully saturated rings. The Kier molecular flexibility index (Phi) is 4.06. The topological polar surface area (TPSA) is 104 Å². The van der Waals surface area contributed by atoms with Gasteiger partial charge in [0.15, 0.2) is 0 Å². The Hall–Kier alpha value is -2.25. The lowest BCUT2D eigenvalue weighted by molar-refractivity contribution is 0.390. The summed E-state index contributed by atoms with van der Waals surface area (Å²) in [7, 11) is -3.26. The standard InChI is InChI=1S/C14H14O6S/c1-20-13-8-12(16)10(7-14(13)21(17,18)19)6-9-4-2-3-5-11(9)15/h2-5,7-8,15-16H,6H2,1H3,(H,17,18,19). The molecule has 0 aliphatic rings. The Morgan fingerprint density at radius 3 is 2.29 bits per heavy atom. The van der Waals surface area contributed by atoms with Gasteiger partial charge in [-0.2, -0.15) is 8.42 Å². The monoisotopic (exact) mass is 310 g/mol. The summed E-state index contributed by atoms with van der Waals surface area (Å²) in [6, 6.07) is 8.72. The lowest BCUT2D eigenvalue weighted by Crippen LogP contribution is -2.03. The third-order valence-corrected chi connectivity index (χ3v) is 3.89. The molecule has 0 unspecified atom stereocenters. The molecule has 0 saturated carbocycles. The maximum atomic E-state index is 11.3. The Balaban J connectivity index is 2.53. The third-order valence-electron chi connectivity index (χ3n) is 3.02. The molecular formula is C14H14O6S. The summed E-state index contributed by atoms with van der Waals surface area (Å²) < 4.78 is 36.7.